The van der Waals surface area contributed by atoms with Crippen LogP contribution in [0.15, 0.2) is 267 Å². The van der Waals surface area contributed by atoms with Gasteiger partial charge in [-0.2, -0.15) is 0 Å². The fraction of sp³-hybridized carbons (Fsp3) is 0. The zero-order chi connectivity index (χ0) is 48.4. The van der Waals surface area contributed by atoms with Gasteiger partial charge in [0, 0.05) is 0 Å². The molecule has 340 valence electrons. The third kappa shape index (κ3) is 5.97. The smallest absolute Gasteiger partial charge is 0.00139 e. The van der Waals surface area contributed by atoms with Crippen LogP contribution in [0.3, 0.4) is 0 Å². The minimum Gasteiger partial charge on any atom is -0.0616 e. The van der Waals surface area contributed by atoms with E-state index in [-0.39, 0.29) is 0 Å². The highest BCUT2D eigenvalue weighted by Gasteiger charge is 2.22. The lowest BCUT2D eigenvalue weighted by Gasteiger charge is -2.20. The fourth-order valence-electron chi connectivity index (χ4n) is 13.2. The summed E-state index contributed by atoms with van der Waals surface area (Å²) in [5, 5.41) is 27.9. The molecular formula is C74H44. The molecular weight excluding hydrogens is 889 g/mol. The molecule has 0 heterocycles. The minimum atomic E-state index is 1.22. The summed E-state index contributed by atoms with van der Waals surface area (Å²) in [7, 11) is 0. The van der Waals surface area contributed by atoms with Gasteiger partial charge in [-0.1, -0.05) is 243 Å². The van der Waals surface area contributed by atoms with Gasteiger partial charge in [-0.05, 0) is 187 Å². The third-order valence-electron chi connectivity index (χ3n) is 16.3. The Labute approximate surface area is 427 Å². The fourth-order valence-corrected chi connectivity index (χ4v) is 13.2. The standard InChI is InChI=1S/C74H44/c1-3-19-47-41-49(35-33-45(47)17-1)69-57-25-9-13-29-61(57)71(62-30-14-10-26-58(62)69)51-37-39-65-67(43-51)53-21-5-7-23-55(53)74-66-40-38-52(44-68(66)54-22-6-8-24-56(54)73(65)74)72-63-31-15-11-27-59(63)70(60-28-12-16-32-64(60)72)50-36-34-46-18-2-4-20-48(46)42-50/h1-44H. The van der Waals surface area contributed by atoms with E-state index in [0.717, 1.165) is 0 Å². The van der Waals surface area contributed by atoms with Crippen LogP contribution in [0.4, 0.5) is 0 Å². The first-order chi connectivity index (χ1) is 36.7. The molecule has 0 aliphatic carbocycles. The Kier molecular flexibility index (Phi) is 8.84. The highest BCUT2D eigenvalue weighted by molar-refractivity contribution is 6.40. The van der Waals surface area contributed by atoms with Gasteiger partial charge in [-0.25, -0.2) is 0 Å². The molecule has 0 saturated carbocycles. The molecule has 0 spiro atoms. The Morgan fingerprint density at radius 2 is 0.365 bits per heavy atom. The molecule has 16 aromatic carbocycles. The number of hydrogen-bond donors (Lipinski definition) is 0. The van der Waals surface area contributed by atoms with Crippen molar-refractivity contribution in [3.63, 3.8) is 0 Å². The SMILES string of the molecule is c1ccc2cc(-c3c4ccccc4c(-c4ccc5c(c4)c4ccccc4c4c6ccc(-c7c8ccccc8c(-c8ccc9ccccc9c8)c8ccccc78)cc6c6ccccc6c54)c4ccccc34)ccc2c1. The van der Waals surface area contributed by atoms with E-state index in [0.29, 0.717) is 0 Å². The van der Waals surface area contributed by atoms with Gasteiger partial charge < -0.3 is 0 Å². The molecule has 0 unspecified atom stereocenters. The Balaban J connectivity index is 0.941. The summed E-state index contributed by atoms with van der Waals surface area (Å²) in [5.41, 5.74) is 10.0. The van der Waals surface area contributed by atoms with Crippen LogP contribution in [0.2, 0.25) is 0 Å². The van der Waals surface area contributed by atoms with E-state index >= 15 is 0 Å². The molecule has 0 heteroatoms. The zero-order valence-electron chi connectivity index (χ0n) is 40.4. The Bertz CT molecular complexity index is 4640. The van der Waals surface area contributed by atoms with E-state index in [2.05, 4.69) is 267 Å². The molecule has 0 fully saturated rings. The minimum absolute atomic E-state index is 1.22. The van der Waals surface area contributed by atoms with Gasteiger partial charge in [0.05, 0.1) is 0 Å². The van der Waals surface area contributed by atoms with Crippen LogP contribution in [0.25, 0.3) is 163 Å². The molecule has 0 atom stereocenters. The van der Waals surface area contributed by atoms with Gasteiger partial charge in [-0.15, -0.1) is 0 Å². The predicted octanol–water partition coefficient (Wildman–Crippen LogP) is 21.0. The van der Waals surface area contributed by atoms with E-state index in [4.69, 9.17) is 0 Å². The molecule has 0 radical (unpaired) electrons. The van der Waals surface area contributed by atoms with Crippen molar-refractivity contribution in [3.05, 3.63) is 267 Å². The molecule has 74 heavy (non-hydrogen) atoms. The van der Waals surface area contributed by atoms with Crippen LogP contribution in [-0.2, 0) is 0 Å². The first kappa shape index (κ1) is 41.0. The maximum Gasteiger partial charge on any atom is -0.00139 e. The van der Waals surface area contributed by atoms with Crippen LogP contribution < -0.4 is 0 Å². The average Bonchev–Trinajstić information content (AvgIpc) is 3.48. The van der Waals surface area contributed by atoms with Gasteiger partial charge in [0.2, 0.25) is 0 Å². The van der Waals surface area contributed by atoms with E-state index < -0.39 is 0 Å². The Hall–Kier alpha value is -9.62. The van der Waals surface area contributed by atoms with Crippen molar-refractivity contribution >= 4 is 118 Å². The zero-order valence-corrected chi connectivity index (χ0v) is 40.4. The molecule has 0 aliphatic rings. The highest BCUT2D eigenvalue weighted by Crippen LogP contribution is 2.50. The number of rotatable bonds is 4. The Morgan fingerprint density at radius 1 is 0.135 bits per heavy atom. The molecule has 0 aromatic heterocycles. The quantitative estimate of drug-likeness (QED) is 0.122. The van der Waals surface area contributed by atoms with E-state index in [1.165, 1.54) is 163 Å². The maximum atomic E-state index is 2.49. The summed E-state index contributed by atoms with van der Waals surface area (Å²) in [6, 6.07) is 100. The first-order valence-electron chi connectivity index (χ1n) is 25.8. The van der Waals surface area contributed by atoms with E-state index in [9.17, 15) is 0 Å². The molecule has 0 nitrogen and oxygen atoms in total. The second kappa shape index (κ2) is 15.9. The summed E-state index contributed by atoms with van der Waals surface area (Å²) in [4.78, 5) is 0. The lowest BCUT2D eigenvalue weighted by Crippen LogP contribution is -1.93. The van der Waals surface area contributed by atoms with Gasteiger partial charge in [0.25, 0.3) is 0 Å². The van der Waals surface area contributed by atoms with Crippen molar-refractivity contribution in [2.24, 2.45) is 0 Å². The number of fused-ring (bicyclic) bond motifs is 17. The van der Waals surface area contributed by atoms with Gasteiger partial charge >= 0.3 is 0 Å². The van der Waals surface area contributed by atoms with E-state index in [1.807, 2.05) is 0 Å². The van der Waals surface area contributed by atoms with Crippen molar-refractivity contribution in [2.45, 2.75) is 0 Å². The topological polar surface area (TPSA) is 0 Å². The maximum absolute atomic E-state index is 2.49. The first-order valence-corrected chi connectivity index (χ1v) is 25.8. The lowest BCUT2D eigenvalue weighted by molar-refractivity contribution is 1.68. The molecule has 16 aromatic rings. The molecule has 0 aliphatic heterocycles. The number of benzene rings is 16. The summed E-state index contributed by atoms with van der Waals surface area (Å²) < 4.78 is 0. The summed E-state index contributed by atoms with van der Waals surface area (Å²) >= 11 is 0. The normalized spacial score (nSPS) is 12.1. The van der Waals surface area contributed by atoms with E-state index in [1.54, 1.807) is 0 Å². The predicted molar refractivity (Wildman–Crippen MR) is 321 cm³/mol. The number of hydrogen-bond acceptors (Lipinski definition) is 0. The van der Waals surface area contributed by atoms with Gasteiger partial charge in [0.15, 0.2) is 0 Å². The van der Waals surface area contributed by atoms with Crippen molar-refractivity contribution in [3.8, 4) is 44.5 Å². The largest absolute Gasteiger partial charge is 0.0616 e. The van der Waals surface area contributed by atoms with Gasteiger partial charge in [0.1, 0.15) is 0 Å². The molecule has 0 bridgehead atoms. The van der Waals surface area contributed by atoms with Crippen molar-refractivity contribution < 1.29 is 0 Å². The second-order valence-corrected chi connectivity index (χ2v) is 20.2. The summed E-state index contributed by atoms with van der Waals surface area (Å²) in [6.45, 7) is 0. The van der Waals surface area contributed by atoms with Crippen LogP contribution in [0.5, 0.6) is 0 Å². The highest BCUT2D eigenvalue weighted by atomic mass is 14.3. The third-order valence-corrected chi connectivity index (χ3v) is 16.3. The van der Waals surface area contributed by atoms with Crippen LogP contribution in [0, 0.1) is 0 Å². The van der Waals surface area contributed by atoms with Crippen molar-refractivity contribution in [2.75, 3.05) is 0 Å². The average molecular weight is 933 g/mol. The van der Waals surface area contributed by atoms with Gasteiger partial charge in [-0.3, -0.25) is 0 Å². The second-order valence-electron chi connectivity index (χ2n) is 20.2. The molecule has 0 saturated heterocycles. The van der Waals surface area contributed by atoms with Crippen LogP contribution >= 0.6 is 0 Å². The Morgan fingerprint density at radius 3 is 0.689 bits per heavy atom. The van der Waals surface area contributed by atoms with Crippen LogP contribution in [0.1, 0.15) is 0 Å². The monoisotopic (exact) mass is 932 g/mol. The molecule has 0 N–H and O–H groups in total. The lowest BCUT2D eigenvalue weighted by atomic mass is 9.82. The van der Waals surface area contributed by atoms with Crippen LogP contribution in [-0.4, -0.2) is 0 Å². The van der Waals surface area contributed by atoms with Crippen molar-refractivity contribution in [1.29, 1.82) is 0 Å². The summed E-state index contributed by atoms with van der Waals surface area (Å²) in [5.74, 6) is 0. The van der Waals surface area contributed by atoms with Crippen molar-refractivity contribution in [1.82, 2.24) is 0 Å². The molecule has 0 amide bonds. The summed E-state index contributed by atoms with van der Waals surface area (Å²) in [6.07, 6.45) is 0. The molecule has 16 rings (SSSR count).